The molecule has 0 heterocycles. The zero-order chi connectivity index (χ0) is 8.43. The number of halogens is 2. The Bertz CT molecular complexity index is 248. The molecule has 0 N–H and O–H groups in total. The van der Waals surface area contributed by atoms with Crippen molar-refractivity contribution in [2.45, 2.75) is 0 Å². The molecule has 0 aliphatic rings. The first-order valence-electron chi connectivity index (χ1n) is 3.00. The summed E-state index contributed by atoms with van der Waals surface area (Å²) in [5, 5.41) is 0.981. The summed E-state index contributed by atoms with van der Waals surface area (Å²) in [5.74, 6) is 0.501. The molecule has 1 aromatic carbocycles. The van der Waals surface area contributed by atoms with Crippen LogP contribution in [0, 0.1) is 6.92 Å². The van der Waals surface area contributed by atoms with Crippen molar-refractivity contribution >= 4 is 23.2 Å². The normalized spacial score (nSPS) is 9.82. The molecule has 0 bridgehead atoms. The number of hydrogen-bond donors (Lipinski definition) is 0. The predicted molar refractivity (Wildman–Crippen MR) is 47.5 cm³/mol. The summed E-state index contributed by atoms with van der Waals surface area (Å²) in [4.78, 5) is 0. The minimum Gasteiger partial charge on any atom is -0.494 e. The highest BCUT2D eigenvalue weighted by Crippen LogP contribution is 2.33. The fourth-order valence-corrected chi connectivity index (χ4v) is 1.49. The van der Waals surface area contributed by atoms with E-state index in [-0.39, 0.29) is 0 Å². The summed E-state index contributed by atoms with van der Waals surface area (Å²) in [6.45, 7) is 3.69. The Morgan fingerprint density at radius 3 is 2.09 bits per heavy atom. The second-order valence-corrected chi connectivity index (χ2v) is 2.91. The molecule has 59 valence electrons. The van der Waals surface area contributed by atoms with Gasteiger partial charge in [-0.15, -0.1) is 0 Å². The van der Waals surface area contributed by atoms with E-state index in [2.05, 4.69) is 6.92 Å². The summed E-state index contributed by atoms with van der Waals surface area (Å²) in [5.41, 5.74) is 0.779. The van der Waals surface area contributed by atoms with Gasteiger partial charge in [-0.1, -0.05) is 23.2 Å². The van der Waals surface area contributed by atoms with Crippen molar-refractivity contribution < 1.29 is 4.74 Å². The third-order valence-corrected chi connectivity index (χ3v) is 1.82. The van der Waals surface area contributed by atoms with Gasteiger partial charge in [0.15, 0.2) is 5.75 Å². The summed E-state index contributed by atoms with van der Waals surface area (Å²) in [6, 6.07) is 3.40. The molecule has 1 aromatic rings. The minimum absolute atomic E-state index is 0.491. The Hall–Kier alpha value is -0.400. The average molecular weight is 190 g/mol. The third kappa shape index (κ3) is 1.79. The van der Waals surface area contributed by atoms with Gasteiger partial charge in [0.05, 0.1) is 17.2 Å². The third-order valence-electron chi connectivity index (χ3n) is 1.26. The Labute approximate surface area is 75.9 Å². The molecule has 0 atom stereocenters. The van der Waals surface area contributed by atoms with Crippen LogP contribution < -0.4 is 4.74 Å². The largest absolute Gasteiger partial charge is 0.494 e. The van der Waals surface area contributed by atoms with Crippen LogP contribution in [-0.4, -0.2) is 7.11 Å². The van der Waals surface area contributed by atoms with Crippen LogP contribution in [0.5, 0.6) is 5.75 Å². The lowest BCUT2D eigenvalue weighted by Gasteiger charge is -2.05. The smallest absolute Gasteiger partial charge is 0.156 e. The lowest BCUT2D eigenvalue weighted by molar-refractivity contribution is 0.415. The Kier molecular flexibility index (Phi) is 2.63. The highest BCUT2D eigenvalue weighted by atomic mass is 35.5. The summed E-state index contributed by atoms with van der Waals surface area (Å²) in [6.07, 6.45) is 0. The number of ether oxygens (including phenoxy) is 1. The van der Waals surface area contributed by atoms with Crippen molar-refractivity contribution in [2.24, 2.45) is 0 Å². The molecular formula is C8H7Cl2O. The van der Waals surface area contributed by atoms with Gasteiger partial charge in [-0.3, -0.25) is 0 Å². The molecular weight excluding hydrogens is 183 g/mol. The van der Waals surface area contributed by atoms with E-state index in [0.29, 0.717) is 15.8 Å². The highest BCUT2D eigenvalue weighted by molar-refractivity contribution is 6.37. The molecule has 1 nitrogen and oxygen atoms in total. The Morgan fingerprint density at radius 1 is 1.27 bits per heavy atom. The molecule has 0 aliphatic heterocycles. The van der Waals surface area contributed by atoms with Crippen molar-refractivity contribution in [3.05, 3.63) is 34.7 Å². The van der Waals surface area contributed by atoms with Crippen LogP contribution >= 0.6 is 23.2 Å². The van der Waals surface area contributed by atoms with Crippen LogP contribution in [-0.2, 0) is 0 Å². The maximum absolute atomic E-state index is 5.79. The standard InChI is InChI=1S/C8H7Cl2O/c1-5-3-6(9)8(11-2)7(10)4-5/h3-4H,1H2,2H3. The molecule has 0 spiro atoms. The Morgan fingerprint density at radius 2 is 1.73 bits per heavy atom. The fourth-order valence-electron chi connectivity index (χ4n) is 0.807. The quantitative estimate of drug-likeness (QED) is 0.660. The van der Waals surface area contributed by atoms with Gasteiger partial charge in [0, 0.05) is 0 Å². The molecule has 3 heteroatoms. The van der Waals surface area contributed by atoms with Crippen LogP contribution in [0.1, 0.15) is 5.56 Å². The molecule has 1 radical (unpaired) electrons. The second kappa shape index (κ2) is 3.33. The number of benzene rings is 1. The van der Waals surface area contributed by atoms with Crippen LogP contribution in [0.15, 0.2) is 12.1 Å². The molecule has 0 aliphatic carbocycles. The van der Waals surface area contributed by atoms with Gasteiger partial charge in [0.2, 0.25) is 0 Å². The summed E-state index contributed by atoms with van der Waals surface area (Å²) >= 11 is 11.6. The van der Waals surface area contributed by atoms with Crippen LogP contribution in [0.4, 0.5) is 0 Å². The van der Waals surface area contributed by atoms with E-state index < -0.39 is 0 Å². The number of hydrogen-bond acceptors (Lipinski definition) is 1. The van der Waals surface area contributed by atoms with E-state index in [1.54, 1.807) is 12.1 Å². The maximum atomic E-state index is 5.79. The molecule has 11 heavy (non-hydrogen) atoms. The monoisotopic (exact) mass is 189 g/mol. The zero-order valence-corrected chi connectivity index (χ0v) is 7.54. The van der Waals surface area contributed by atoms with Crippen molar-refractivity contribution in [3.63, 3.8) is 0 Å². The van der Waals surface area contributed by atoms with Gasteiger partial charge < -0.3 is 4.74 Å². The van der Waals surface area contributed by atoms with Crippen molar-refractivity contribution in [1.29, 1.82) is 0 Å². The lowest BCUT2D eigenvalue weighted by atomic mass is 10.2. The van der Waals surface area contributed by atoms with Crippen LogP contribution in [0.3, 0.4) is 0 Å². The van der Waals surface area contributed by atoms with Gasteiger partial charge in [-0.2, -0.15) is 0 Å². The average Bonchev–Trinajstić information content (AvgIpc) is 1.85. The second-order valence-electron chi connectivity index (χ2n) is 2.09. The van der Waals surface area contributed by atoms with Gasteiger partial charge in [-0.25, -0.2) is 0 Å². The van der Waals surface area contributed by atoms with E-state index in [9.17, 15) is 0 Å². The maximum Gasteiger partial charge on any atom is 0.156 e. The molecule has 0 fully saturated rings. The molecule has 0 unspecified atom stereocenters. The first-order chi connectivity index (χ1) is 5.15. The van der Waals surface area contributed by atoms with Crippen molar-refractivity contribution in [2.75, 3.05) is 7.11 Å². The first-order valence-corrected chi connectivity index (χ1v) is 3.75. The van der Waals surface area contributed by atoms with E-state index in [0.717, 1.165) is 5.56 Å². The minimum atomic E-state index is 0.491. The predicted octanol–water partition coefficient (Wildman–Crippen LogP) is 3.18. The summed E-state index contributed by atoms with van der Waals surface area (Å²) < 4.78 is 4.94. The molecule has 0 amide bonds. The van der Waals surface area contributed by atoms with Crippen molar-refractivity contribution in [1.82, 2.24) is 0 Å². The van der Waals surface area contributed by atoms with Gasteiger partial charge in [-0.05, 0) is 24.6 Å². The first kappa shape index (κ1) is 8.69. The van der Waals surface area contributed by atoms with E-state index >= 15 is 0 Å². The van der Waals surface area contributed by atoms with Gasteiger partial charge >= 0.3 is 0 Å². The Balaban J connectivity index is 3.25. The van der Waals surface area contributed by atoms with Crippen molar-refractivity contribution in [3.8, 4) is 5.75 Å². The van der Waals surface area contributed by atoms with E-state index in [1.807, 2.05) is 0 Å². The van der Waals surface area contributed by atoms with Gasteiger partial charge in [0.25, 0.3) is 0 Å². The molecule has 0 aromatic heterocycles. The number of methoxy groups -OCH3 is 1. The zero-order valence-electron chi connectivity index (χ0n) is 6.03. The topological polar surface area (TPSA) is 9.23 Å². The summed E-state index contributed by atoms with van der Waals surface area (Å²) in [7, 11) is 1.52. The van der Waals surface area contributed by atoms with Crippen LogP contribution in [0.25, 0.3) is 0 Å². The lowest BCUT2D eigenvalue weighted by Crippen LogP contribution is -1.86. The molecule has 0 saturated carbocycles. The SMILES string of the molecule is [CH2]c1cc(Cl)c(OC)c(Cl)c1. The van der Waals surface area contributed by atoms with E-state index in [4.69, 9.17) is 27.9 Å². The van der Waals surface area contributed by atoms with E-state index in [1.165, 1.54) is 7.11 Å². The fraction of sp³-hybridized carbons (Fsp3) is 0.125. The molecule has 0 saturated heterocycles. The van der Waals surface area contributed by atoms with Gasteiger partial charge in [0.1, 0.15) is 0 Å². The highest BCUT2D eigenvalue weighted by Gasteiger charge is 2.05. The number of rotatable bonds is 1. The molecule has 1 rings (SSSR count). The van der Waals surface area contributed by atoms with Crippen LogP contribution in [0.2, 0.25) is 10.0 Å².